The van der Waals surface area contributed by atoms with Crippen molar-refractivity contribution in [3.05, 3.63) is 29.8 Å². The lowest BCUT2D eigenvalue weighted by Gasteiger charge is -2.22. The first-order valence-corrected chi connectivity index (χ1v) is 6.71. The van der Waals surface area contributed by atoms with Gasteiger partial charge >= 0.3 is 0 Å². The number of benzene rings is 1. The van der Waals surface area contributed by atoms with E-state index in [9.17, 15) is 5.11 Å². The normalized spacial score (nSPS) is 14.6. The van der Waals surface area contributed by atoms with Gasteiger partial charge in [-0.25, -0.2) is 0 Å². The molecule has 3 N–H and O–H groups in total. The lowest BCUT2D eigenvalue weighted by molar-refractivity contribution is 0.126. The van der Waals surface area contributed by atoms with Gasteiger partial charge in [-0.05, 0) is 31.7 Å². The van der Waals surface area contributed by atoms with Crippen molar-refractivity contribution in [1.82, 2.24) is 0 Å². The van der Waals surface area contributed by atoms with Crippen molar-refractivity contribution in [2.75, 3.05) is 6.61 Å². The maximum Gasteiger partial charge on any atom is 0.124 e. The average Bonchev–Trinajstić information content (AvgIpc) is 2.36. The lowest BCUT2D eigenvalue weighted by Crippen LogP contribution is -2.27. The topological polar surface area (TPSA) is 55.5 Å². The monoisotopic (exact) mass is 251 g/mol. The molecule has 0 radical (unpaired) electrons. The van der Waals surface area contributed by atoms with Crippen LogP contribution in [0.2, 0.25) is 0 Å². The predicted octanol–water partition coefficient (Wildman–Crippen LogP) is 2.88. The standard InChI is InChI=1S/C15H25NO2/c1-4-18-14-8-6-5-7-12(14)15(16)13(17)10-9-11(2)3/h5-8,11,13,15,17H,4,9-10,16H2,1-3H3/t13-,15+/m0/s1. The summed E-state index contributed by atoms with van der Waals surface area (Å²) in [7, 11) is 0. The van der Waals surface area contributed by atoms with Gasteiger partial charge in [0.15, 0.2) is 0 Å². The molecule has 0 aliphatic heterocycles. The summed E-state index contributed by atoms with van der Waals surface area (Å²) in [5.74, 6) is 1.35. The van der Waals surface area contributed by atoms with Crippen LogP contribution in [0.15, 0.2) is 24.3 Å². The van der Waals surface area contributed by atoms with E-state index in [1.807, 2.05) is 31.2 Å². The van der Waals surface area contributed by atoms with E-state index in [0.29, 0.717) is 12.5 Å². The third-order valence-corrected chi connectivity index (χ3v) is 3.03. The molecule has 0 bridgehead atoms. The van der Waals surface area contributed by atoms with Crippen molar-refractivity contribution in [2.45, 2.75) is 45.8 Å². The summed E-state index contributed by atoms with van der Waals surface area (Å²) in [4.78, 5) is 0. The number of nitrogens with two attached hydrogens (primary N) is 1. The highest BCUT2D eigenvalue weighted by Gasteiger charge is 2.20. The van der Waals surface area contributed by atoms with E-state index < -0.39 is 6.10 Å². The quantitative estimate of drug-likeness (QED) is 0.783. The smallest absolute Gasteiger partial charge is 0.124 e. The first-order valence-electron chi connectivity index (χ1n) is 6.71. The van der Waals surface area contributed by atoms with Crippen LogP contribution in [0.3, 0.4) is 0 Å². The largest absolute Gasteiger partial charge is 0.494 e. The number of para-hydroxylation sites is 1. The summed E-state index contributed by atoms with van der Waals surface area (Å²) >= 11 is 0. The fourth-order valence-corrected chi connectivity index (χ4v) is 1.93. The molecular weight excluding hydrogens is 226 g/mol. The van der Waals surface area contributed by atoms with Crippen molar-refractivity contribution in [1.29, 1.82) is 0 Å². The van der Waals surface area contributed by atoms with Gasteiger partial charge in [0.2, 0.25) is 0 Å². The van der Waals surface area contributed by atoms with Crippen LogP contribution in [0.25, 0.3) is 0 Å². The molecule has 0 aliphatic carbocycles. The zero-order valence-corrected chi connectivity index (χ0v) is 11.6. The number of rotatable bonds is 7. The molecule has 1 aromatic carbocycles. The van der Waals surface area contributed by atoms with Crippen molar-refractivity contribution >= 4 is 0 Å². The Kier molecular flexibility index (Phi) is 6.16. The van der Waals surface area contributed by atoms with E-state index in [1.165, 1.54) is 0 Å². The molecule has 0 unspecified atom stereocenters. The Morgan fingerprint density at radius 1 is 1.22 bits per heavy atom. The SMILES string of the molecule is CCOc1ccccc1[C@@H](N)[C@@H](O)CCC(C)C. The highest BCUT2D eigenvalue weighted by atomic mass is 16.5. The number of ether oxygens (including phenoxy) is 1. The Labute approximate surface area is 110 Å². The van der Waals surface area contributed by atoms with E-state index >= 15 is 0 Å². The minimum Gasteiger partial charge on any atom is -0.494 e. The van der Waals surface area contributed by atoms with Gasteiger partial charge < -0.3 is 15.6 Å². The van der Waals surface area contributed by atoms with Crippen molar-refractivity contribution in [2.24, 2.45) is 11.7 Å². The average molecular weight is 251 g/mol. The Morgan fingerprint density at radius 2 is 1.89 bits per heavy atom. The van der Waals surface area contributed by atoms with Crippen LogP contribution in [0, 0.1) is 5.92 Å². The highest BCUT2D eigenvalue weighted by molar-refractivity contribution is 5.36. The molecular formula is C15H25NO2. The van der Waals surface area contributed by atoms with Crippen LogP contribution in [0.1, 0.15) is 45.2 Å². The third kappa shape index (κ3) is 4.31. The molecule has 3 nitrogen and oxygen atoms in total. The first kappa shape index (κ1) is 15.0. The fourth-order valence-electron chi connectivity index (χ4n) is 1.93. The summed E-state index contributed by atoms with van der Waals surface area (Å²) in [6.45, 7) is 6.84. The van der Waals surface area contributed by atoms with Gasteiger partial charge in [-0.3, -0.25) is 0 Å². The van der Waals surface area contributed by atoms with Crippen LogP contribution in [0.4, 0.5) is 0 Å². The molecule has 1 aromatic rings. The maximum atomic E-state index is 10.1. The molecule has 0 spiro atoms. The van der Waals surface area contributed by atoms with E-state index in [2.05, 4.69) is 13.8 Å². The molecule has 18 heavy (non-hydrogen) atoms. The molecule has 0 aliphatic rings. The number of hydrogen-bond acceptors (Lipinski definition) is 3. The van der Waals surface area contributed by atoms with Crippen molar-refractivity contribution in [3.63, 3.8) is 0 Å². The summed E-state index contributed by atoms with van der Waals surface area (Å²) in [6.07, 6.45) is 1.18. The first-order chi connectivity index (χ1) is 8.56. The number of hydrogen-bond donors (Lipinski definition) is 2. The molecule has 1 rings (SSSR count). The van der Waals surface area contributed by atoms with Crippen molar-refractivity contribution < 1.29 is 9.84 Å². The van der Waals surface area contributed by atoms with Gasteiger partial charge in [0.1, 0.15) is 5.75 Å². The van der Waals surface area contributed by atoms with Crippen LogP contribution >= 0.6 is 0 Å². The molecule has 0 fully saturated rings. The number of aliphatic hydroxyl groups is 1. The maximum absolute atomic E-state index is 10.1. The van der Waals surface area contributed by atoms with Crippen LogP contribution in [-0.2, 0) is 0 Å². The fraction of sp³-hybridized carbons (Fsp3) is 0.600. The second-order valence-electron chi connectivity index (χ2n) is 5.04. The minimum absolute atomic E-state index is 0.383. The summed E-state index contributed by atoms with van der Waals surface area (Å²) in [5, 5.41) is 10.1. The van der Waals surface area contributed by atoms with Gasteiger partial charge in [0.05, 0.1) is 18.8 Å². The molecule has 0 heterocycles. The molecule has 3 heteroatoms. The summed E-state index contributed by atoms with van der Waals surface area (Å²) in [6, 6.07) is 7.28. The second-order valence-corrected chi connectivity index (χ2v) is 5.04. The zero-order valence-electron chi connectivity index (χ0n) is 11.6. The van der Waals surface area contributed by atoms with Crippen LogP contribution in [0.5, 0.6) is 5.75 Å². The van der Waals surface area contributed by atoms with E-state index in [0.717, 1.165) is 24.2 Å². The van der Waals surface area contributed by atoms with Gasteiger partial charge in [-0.1, -0.05) is 32.0 Å². The number of aliphatic hydroxyl groups excluding tert-OH is 1. The molecule has 0 amide bonds. The van der Waals surface area contributed by atoms with Crippen LogP contribution < -0.4 is 10.5 Å². The van der Waals surface area contributed by atoms with E-state index in [-0.39, 0.29) is 6.04 Å². The molecule has 102 valence electrons. The van der Waals surface area contributed by atoms with Crippen molar-refractivity contribution in [3.8, 4) is 5.75 Å². The molecule has 0 saturated carbocycles. The van der Waals surface area contributed by atoms with Gasteiger partial charge in [-0.2, -0.15) is 0 Å². The second kappa shape index (κ2) is 7.39. The van der Waals surface area contributed by atoms with Gasteiger partial charge in [0, 0.05) is 5.56 Å². The Hall–Kier alpha value is -1.06. The Balaban J connectivity index is 2.72. The van der Waals surface area contributed by atoms with Gasteiger partial charge in [0.25, 0.3) is 0 Å². The van der Waals surface area contributed by atoms with Gasteiger partial charge in [-0.15, -0.1) is 0 Å². The Morgan fingerprint density at radius 3 is 2.50 bits per heavy atom. The zero-order chi connectivity index (χ0) is 13.5. The minimum atomic E-state index is -0.519. The summed E-state index contributed by atoms with van der Waals surface area (Å²) in [5.41, 5.74) is 7.01. The molecule has 0 saturated heterocycles. The highest BCUT2D eigenvalue weighted by Crippen LogP contribution is 2.27. The summed E-state index contributed by atoms with van der Waals surface area (Å²) < 4.78 is 5.54. The Bertz CT molecular complexity index is 352. The van der Waals surface area contributed by atoms with Crippen LogP contribution in [-0.4, -0.2) is 17.8 Å². The van der Waals surface area contributed by atoms with E-state index in [1.54, 1.807) is 0 Å². The predicted molar refractivity (Wildman–Crippen MR) is 74.6 cm³/mol. The molecule has 0 aromatic heterocycles. The lowest BCUT2D eigenvalue weighted by atomic mass is 9.95. The van der Waals surface area contributed by atoms with E-state index in [4.69, 9.17) is 10.5 Å². The molecule has 2 atom stereocenters. The third-order valence-electron chi connectivity index (χ3n) is 3.03.